The van der Waals surface area contributed by atoms with Gasteiger partial charge in [0.25, 0.3) is 0 Å². The largest absolute Gasteiger partial charge is 0.458 e. The van der Waals surface area contributed by atoms with E-state index in [1.807, 2.05) is 84.9 Å². The van der Waals surface area contributed by atoms with Crippen molar-refractivity contribution in [3.05, 3.63) is 96.1 Å². The van der Waals surface area contributed by atoms with Crippen molar-refractivity contribution in [2.75, 3.05) is 62.9 Å². The van der Waals surface area contributed by atoms with E-state index in [0.29, 0.717) is 52.4 Å². The van der Waals surface area contributed by atoms with Gasteiger partial charge < -0.3 is 28.7 Å². The molecule has 5 rings (SSSR count). The zero-order valence-corrected chi connectivity index (χ0v) is 26.2. The number of carbonyl (C=O) groups is 2. The van der Waals surface area contributed by atoms with Gasteiger partial charge >= 0.3 is 12.0 Å². The van der Waals surface area contributed by atoms with Crippen molar-refractivity contribution in [2.24, 2.45) is 0 Å². The molecule has 0 radical (unpaired) electrons. The highest BCUT2D eigenvalue weighted by atomic mass is 16.6. The Hall–Kier alpha value is -3.92. The van der Waals surface area contributed by atoms with Crippen LogP contribution in [0.3, 0.4) is 0 Å². The highest BCUT2D eigenvalue weighted by Gasteiger charge is 2.36. The molecule has 2 saturated heterocycles. The van der Waals surface area contributed by atoms with Crippen LogP contribution in [0, 0.1) is 0 Å². The zero-order valence-electron chi connectivity index (χ0n) is 26.2. The number of piperidine rings is 1. The molecule has 9 nitrogen and oxygen atoms in total. The number of nitrogens with zero attached hydrogens (tertiary/aromatic N) is 3. The molecule has 2 amide bonds. The van der Waals surface area contributed by atoms with Crippen LogP contribution in [-0.2, 0) is 37.0 Å². The number of anilines is 2. The molecular formula is C36H45N3O6. The van der Waals surface area contributed by atoms with E-state index < -0.39 is 18.1 Å². The smallest absolute Gasteiger partial charge is 0.329 e. The fraction of sp³-hybridized carbons (Fsp3) is 0.444. The lowest BCUT2D eigenvalue weighted by atomic mass is 10.0. The summed E-state index contributed by atoms with van der Waals surface area (Å²) < 4.78 is 23.4. The Bertz CT molecular complexity index is 1320. The highest BCUT2D eigenvalue weighted by molar-refractivity contribution is 5.94. The molecule has 0 aromatic heterocycles. The van der Waals surface area contributed by atoms with Crippen LogP contribution < -0.4 is 9.80 Å². The van der Waals surface area contributed by atoms with Crippen LogP contribution in [0.4, 0.5) is 16.2 Å². The summed E-state index contributed by atoms with van der Waals surface area (Å²) in [5.74, 6) is -0.393. The average Bonchev–Trinajstić information content (AvgIpc) is 3.10. The third-order valence-corrected chi connectivity index (χ3v) is 8.31. The van der Waals surface area contributed by atoms with Crippen LogP contribution in [0.15, 0.2) is 84.9 Å². The average molecular weight is 616 g/mol. The summed E-state index contributed by atoms with van der Waals surface area (Å²) in [5, 5.41) is 0. The monoisotopic (exact) mass is 615 g/mol. The SMILES string of the molecule is CN(C(=O)N1CCCC[C@H]1C(=O)OC(CCOCc1ccccc1)COCc1ccccc1)c1ccc(N2CCOCC2)cc1. The van der Waals surface area contributed by atoms with E-state index in [0.717, 1.165) is 48.4 Å². The van der Waals surface area contributed by atoms with E-state index in [2.05, 4.69) is 4.90 Å². The van der Waals surface area contributed by atoms with Gasteiger partial charge in [-0.25, -0.2) is 9.59 Å². The second kappa shape index (κ2) is 17.0. The van der Waals surface area contributed by atoms with E-state index in [1.54, 1.807) is 16.8 Å². The second-order valence-electron chi connectivity index (χ2n) is 11.5. The van der Waals surface area contributed by atoms with Gasteiger partial charge in [0.2, 0.25) is 0 Å². The standard InChI is InChI=1S/C36H45N3O6/c1-37(31-15-17-32(18-16-31)38-21-24-42-25-22-38)36(41)39-20-9-8-14-34(39)35(40)45-33(28-44-27-30-12-6-3-7-13-30)19-23-43-26-29-10-4-2-5-11-29/h2-7,10-13,15-18,33-34H,8-9,14,19-28H2,1H3/t33?,34-/m0/s1. The molecule has 2 aliphatic heterocycles. The lowest BCUT2D eigenvalue weighted by Crippen LogP contribution is -2.53. The first-order valence-corrected chi connectivity index (χ1v) is 16.0. The normalized spacial score (nSPS) is 17.5. The second-order valence-corrected chi connectivity index (χ2v) is 11.5. The van der Waals surface area contributed by atoms with Gasteiger partial charge in [0.1, 0.15) is 12.1 Å². The van der Waals surface area contributed by atoms with Gasteiger partial charge in [-0.05, 0) is 54.7 Å². The van der Waals surface area contributed by atoms with Gasteiger partial charge in [0, 0.05) is 44.5 Å². The molecular weight excluding hydrogens is 570 g/mol. The minimum atomic E-state index is -0.650. The molecule has 1 unspecified atom stereocenters. The number of ether oxygens (including phenoxy) is 4. The summed E-state index contributed by atoms with van der Waals surface area (Å²) in [6, 6.07) is 27.0. The molecule has 240 valence electrons. The van der Waals surface area contributed by atoms with Crippen LogP contribution in [-0.4, -0.2) is 82.2 Å². The third kappa shape index (κ3) is 9.53. The van der Waals surface area contributed by atoms with Crippen LogP contribution in [0.2, 0.25) is 0 Å². The predicted octanol–water partition coefficient (Wildman–Crippen LogP) is 5.67. The number of hydrogen-bond donors (Lipinski definition) is 0. The van der Waals surface area contributed by atoms with Crippen molar-refractivity contribution in [2.45, 2.75) is 51.0 Å². The summed E-state index contributed by atoms with van der Waals surface area (Å²) in [6.45, 7) is 5.19. The molecule has 9 heteroatoms. The number of carbonyl (C=O) groups excluding carboxylic acids is 2. The number of hydrogen-bond acceptors (Lipinski definition) is 7. The molecule has 2 fully saturated rings. The highest BCUT2D eigenvalue weighted by Crippen LogP contribution is 2.25. The fourth-order valence-electron chi connectivity index (χ4n) is 5.70. The molecule has 2 aliphatic rings. The number of rotatable bonds is 13. The molecule has 3 aromatic rings. The summed E-state index contributed by atoms with van der Waals surface area (Å²) in [6.07, 6.45) is 2.26. The summed E-state index contributed by atoms with van der Waals surface area (Å²) in [4.78, 5) is 32.9. The summed E-state index contributed by atoms with van der Waals surface area (Å²) >= 11 is 0. The Morgan fingerprint density at radius 1 is 0.844 bits per heavy atom. The maximum absolute atomic E-state index is 13.7. The molecule has 0 spiro atoms. The van der Waals surface area contributed by atoms with Crippen LogP contribution in [0.1, 0.15) is 36.8 Å². The number of esters is 1. The minimum Gasteiger partial charge on any atom is -0.458 e. The Balaban J connectivity index is 1.19. The first-order valence-electron chi connectivity index (χ1n) is 16.0. The molecule has 45 heavy (non-hydrogen) atoms. The lowest BCUT2D eigenvalue weighted by molar-refractivity contribution is -0.160. The van der Waals surface area contributed by atoms with Gasteiger partial charge in [-0.2, -0.15) is 0 Å². The quantitative estimate of drug-likeness (QED) is 0.181. The number of urea groups is 1. The Morgan fingerprint density at radius 3 is 2.16 bits per heavy atom. The third-order valence-electron chi connectivity index (χ3n) is 8.31. The molecule has 0 saturated carbocycles. The van der Waals surface area contributed by atoms with Gasteiger partial charge in [-0.3, -0.25) is 4.90 Å². The maximum Gasteiger partial charge on any atom is 0.329 e. The van der Waals surface area contributed by atoms with E-state index in [4.69, 9.17) is 18.9 Å². The predicted molar refractivity (Wildman–Crippen MR) is 174 cm³/mol. The van der Waals surface area contributed by atoms with Gasteiger partial charge in [-0.1, -0.05) is 60.7 Å². The fourth-order valence-corrected chi connectivity index (χ4v) is 5.70. The number of morpholine rings is 1. The lowest BCUT2D eigenvalue weighted by Gasteiger charge is -2.37. The van der Waals surface area contributed by atoms with Crippen molar-refractivity contribution in [3.63, 3.8) is 0 Å². The Kier molecular flexibility index (Phi) is 12.2. The van der Waals surface area contributed by atoms with Crippen molar-refractivity contribution in [1.29, 1.82) is 0 Å². The van der Waals surface area contributed by atoms with E-state index >= 15 is 0 Å². The number of benzene rings is 3. The zero-order chi connectivity index (χ0) is 31.3. The van der Waals surface area contributed by atoms with E-state index in [9.17, 15) is 9.59 Å². The molecule has 0 aliphatic carbocycles. The molecule has 2 atom stereocenters. The first kappa shape index (κ1) is 32.5. The van der Waals surface area contributed by atoms with Gasteiger partial charge in [0.15, 0.2) is 0 Å². The van der Waals surface area contributed by atoms with Crippen molar-refractivity contribution < 1.29 is 28.5 Å². The summed E-state index contributed by atoms with van der Waals surface area (Å²) in [5.41, 5.74) is 4.02. The van der Waals surface area contributed by atoms with Crippen molar-refractivity contribution in [1.82, 2.24) is 4.90 Å². The first-order chi connectivity index (χ1) is 22.1. The van der Waals surface area contributed by atoms with Gasteiger partial charge in [0.05, 0.1) is 39.6 Å². The number of amides is 2. The summed E-state index contributed by atoms with van der Waals surface area (Å²) in [7, 11) is 1.76. The topological polar surface area (TPSA) is 80.8 Å². The maximum atomic E-state index is 13.7. The molecule has 0 bridgehead atoms. The van der Waals surface area contributed by atoms with Crippen molar-refractivity contribution >= 4 is 23.4 Å². The molecule has 0 N–H and O–H groups in total. The van der Waals surface area contributed by atoms with E-state index in [1.165, 1.54) is 0 Å². The van der Waals surface area contributed by atoms with Crippen LogP contribution in [0.25, 0.3) is 0 Å². The Labute approximate surface area is 266 Å². The Morgan fingerprint density at radius 2 is 1.49 bits per heavy atom. The van der Waals surface area contributed by atoms with E-state index in [-0.39, 0.29) is 12.6 Å². The van der Waals surface area contributed by atoms with Crippen molar-refractivity contribution in [3.8, 4) is 0 Å². The molecule has 2 heterocycles. The van der Waals surface area contributed by atoms with Gasteiger partial charge in [-0.15, -0.1) is 0 Å². The van der Waals surface area contributed by atoms with Crippen LogP contribution in [0.5, 0.6) is 0 Å². The minimum absolute atomic E-state index is 0.209. The van der Waals surface area contributed by atoms with Crippen LogP contribution >= 0.6 is 0 Å². The molecule has 3 aromatic carbocycles. The number of likely N-dealkylation sites (tertiary alicyclic amines) is 1.